The number of fused-ring (bicyclic) bond motifs is 2. The number of carbonyl (C=O) groups excluding carboxylic acids is 1. The van der Waals surface area contributed by atoms with Crippen LogP contribution in [-0.4, -0.2) is 51.4 Å². The Balaban J connectivity index is 1.31. The van der Waals surface area contributed by atoms with Crippen LogP contribution in [0.15, 0.2) is 84.9 Å². The Morgan fingerprint density at radius 2 is 0.947 bits per heavy atom. The van der Waals surface area contributed by atoms with Gasteiger partial charge in [0, 0.05) is 71.4 Å². The van der Waals surface area contributed by atoms with E-state index in [0.717, 1.165) is 35.4 Å². The molecule has 0 amide bonds. The Morgan fingerprint density at radius 1 is 0.539 bits per heavy atom. The number of aryl methyl sites for hydroxylation is 6. The summed E-state index contributed by atoms with van der Waals surface area (Å²) < 4.78 is 32.6. The van der Waals surface area contributed by atoms with E-state index < -0.39 is 39.2 Å². The number of benzene rings is 4. The SMILES string of the molecule is [B]C(C)(CC(C)(C)OC(=O)C(CC(C)(C)C)C(C)(C)C)OC(C(C)(C)CC(C)(C)Oc1ccc2cc(-c3ccc(C)cc3CC)n(C)c2c1)C(C)(C)CC(C)(C)Oc1ccc2cc(-c3ccc(C)cc3CC)n(C)c2c1. The Kier molecular flexibility index (Phi) is 17.2. The Hall–Kier alpha value is -4.95. The number of hydrogen-bond donors (Lipinski definition) is 0. The minimum atomic E-state index is -1.20. The summed E-state index contributed by atoms with van der Waals surface area (Å²) >= 11 is 0. The van der Waals surface area contributed by atoms with E-state index in [1.54, 1.807) is 0 Å². The molecule has 0 fully saturated rings. The van der Waals surface area contributed by atoms with E-state index in [0.29, 0.717) is 19.3 Å². The van der Waals surface area contributed by atoms with Crippen molar-refractivity contribution < 1.29 is 23.7 Å². The predicted octanol–water partition coefficient (Wildman–Crippen LogP) is 17.7. The van der Waals surface area contributed by atoms with Crippen molar-refractivity contribution in [3.8, 4) is 34.0 Å². The van der Waals surface area contributed by atoms with Crippen molar-refractivity contribution in [2.45, 2.75) is 212 Å². The maximum Gasteiger partial charge on any atom is 0.310 e. The maximum atomic E-state index is 14.2. The summed E-state index contributed by atoms with van der Waals surface area (Å²) in [5.74, 6) is 1.14. The van der Waals surface area contributed by atoms with Gasteiger partial charge in [-0.2, -0.15) is 0 Å². The average molecular weight is 1030 g/mol. The number of aromatic nitrogens is 2. The third-order valence-corrected chi connectivity index (χ3v) is 15.5. The molecule has 8 heteroatoms. The van der Waals surface area contributed by atoms with Gasteiger partial charge < -0.3 is 28.1 Å². The molecule has 7 nitrogen and oxygen atoms in total. The molecule has 2 radical (unpaired) electrons. The van der Waals surface area contributed by atoms with Crippen LogP contribution < -0.4 is 9.47 Å². The molecule has 0 saturated heterocycles. The molecule has 2 atom stereocenters. The molecule has 0 bridgehead atoms. The van der Waals surface area contributed by atoms with E-state index in [1.807, 2.05) is 20.8 Å². The predicted molar refractivity (Wildman–Crippen MR) is 322 cm³/mol. The zero-order valence-corrected chi connectivity index (χ0v) is 51.5. The van der Waals surface area contributed by atoms with Gasteiger partial charge in [-0.3, -0.25) is 4.79 Å². The van der Waals surface area contributed by atoms with Gasteiger partial charge in [-0.1, -0.05) is 131 Å². The number of esters is 1. The van der Waals surface area contributed by atoms with Crippen LogP contribution in [0, 0.1) is 41.4 Å². The fourth-order valence-electron chi connectivity index (χ4n) is 13.2. The molecule has 6 aromatic rings. The highest BCUT2D eigenvalue weighted by Crippen LogP contribution is 2.49. The van der Waals surface area contributed by atoms with Gasteiger partial charge in [0.15, 0.2) is 0 Å². The second kappa shape index (κ2) is 21.7. The number of hydrogen-bond acceptors (Lipinski definition) is 5. The third kappa shape index (κ3) is 14.6. The largest absolute Gasteiger partial charge is 0.488 e. The van der Waals surface area contributed by atoms with Crippen molar-refractivity contribution in [1.82, 2.24) is 9.13 Å². The molecule has 0 aliphatic heterocycles. The second-order valence-corrected chi connectivity index (χ2v) is 28.6. The molecule has 2 aromatic heterocycles. The standard InChI is InChI=1S/C68H97BN2O5/c1-24-46-34-44(3)26-32-52(46)57-36-48-28-30-50(38-55(48)70(57)22)73-65(15,16)41-63(11,12)60(76-68(21,69)43-67(19,20)75-59(72)54(62(8,9)10)40-61(5,6)7)64(13,14)42-66(17,18)74-51-31-29-49-37-58(71(23)56(49)39-51)53-33-27-45(4)35-47(53)25-2/h26-39,54,60H,24-25,40-43H2,1-23H3. The van der Waals surface area contributed by atoms with Crippen LogP contribution in [0.25, 0.3) is 44.3 Å². The van der Waals surface area contributed by atoms with E-state index >= 15 is 0 Å². The van der Waals surface area contributed by atoms with E-state index in [9.17, 15) is 4.79 Å². The molecule has 0 saturated carbocycles. The summed E-state index contributed by atoms with van der Waals surface area (Å²) in [6.45, 7) is 45.3. The molecular formula is C68H97BN2O5. The zero-order chi connectivity index (χ0) is 56.9. The smallest absolute Gasteiger partial charge is 0.310 e. The van der Waals surface area contributed by atoms with Crippen molar-refractivity contribution in [2.75, 3.05) is 0 Å². The topological polar surface area (TPSA) is 63.9 Å². The van der Waals surface area contributed by atoms with Crippen LogP contribution in [0.1, 0.15) is 179 Å². The van der Waals surface area contributed by atoms with Crippen molar-refractivity contribution in [2.24, 2.45) is 41.7 Å². The highest BCUT2D eigenvalue weighted by atomic mass is 16.6. The summed E-state index contributed by atoms with van der Waals surface area (Å²) in [6.07, 6.45) is 3.77. The van der Waals surface area contributed by atoms with Gasteiger partial charge in [0.2, 0.25) is 0 Å². The van der Waals surface area contributed by atoms with Crippen LogP contribution >= 0.6 is 0 Å². The first-order chi connectivity index (χ1) is 34.7. The quantitative estimate of drug-likeness (QED) is 0.0531. The lowest BCUT2D eigenvalue weighted by Crippen LogP contribution is -2.55. The normalized spacial score (nSPS) is 14.6. The van der Waals surface area contributed by atoms with Gasteiger partial charge in [-0.25, -0.2) is 0 Å². The molecule has 412 valence electrons. The summed E-state index contributed by atoms with van der Waals surface area (Å²) in [4.78, 5) is 14.2. The summed E-state index contributed by atoms with van der Waals surface area (Å²) in [5.41, 5.74) is 7.64. The molecule has 76 heavy (non-hydrogen) atoms. The summed E-state index contributed by atoms with van der Waals surface area (Å²) in [6, 6.07) is 31.0. The molecule has 4 aromatic carbocycles. The Labute approximate surface area is 461 Å². The van der Waals surface area contributed by atoms with Gasteiger partial charge in [0.25, 0.3) is 0 Å². The van der Waals surface area contributed by atoms with Gasteiger partial charge in [-0.15, -0.1) is 0 Å². The monoisotopic (exact) mass is 1030 g/mol. The van der Waals surface area contributed by atoms with Crippen LogP contribution in [-0.2, 0) is 41.2 Å². The van der Waals surface area contributed by atoms with Gasteiger partial charge in [0.05, 0.1) is 23.1 Å². The van der Waals surface area contributed by atoms with Crippen LogP contribution in [0.3, 0.4) is 0 Å². The fourth-order valence-corrected chi connectivity index (χ4v) is 13.2. The first kappa shape index (κ1) is 60.3. The third-order valence-electron chi connectivity index (χ3n) is 15.5. The minimum absolute atomic E-state index is 0.0533. The lowest BCUT2D eigenvalue weighted by molar-refractivity contribution is -0.189. The van der Waals surface area contributed by atoms with Gasteiger partial charge >= 0.3 is 5.97 Å². The summed E-state index contributed by atoms with van der Waals surface area (Å²) in [5, 5.41) is 2.34. The molecule has 0 spiro atoms. The average Bonchev–Trinajstić information content (AvgIpc) is 3.76. The number of rotatable bonds is 21. The van der Waals surface area contributed by atoms with Crippen molar-refractivity contribution >= 4 is 35.6 Å². The highest BCUT2D eigenvalue weighted by molar-refractivity contribution is 6.14. The Morgan fingerprint density at radius 3 is 1.32 bits per heavy atom. The van der Waals surface area contributed by atoms with Crippen LogP contribution in [0.4, 0.5) is 0 Å². The molecule has 6 rings (SSSR count). The first-order valence-electron chi connectivity index (χ1n) is 28.2. The lowest BCUT2D eigenvalue weighted by atomic mass is 9.63. The molecule has 2 unspecified atom stereocenters. The summed E-state index contributed by atoms with van der Waals surface area (Å²) in [7, 11) is 11.7. The Bertz CT molecular complexity index is 2850. The molecule has 0 aliphatic rings. The number of ether oxygens (including phenoxy) is 4. The van der Waals surface area contributed by atoms with E-state index in [2.05, 4.69) is 233 Å². The van der Waals surface area contributed by atoms with Crippen molar-refractivity contribution in [1.29, 1.82) is 0 Å². The van der Waals surface area contributed by atoms with Crippen LogP contribution in [0.5, 0.6) is 11.5 Å². The maximum absolute atomic E-state index is 14.2. The molecule has 0 N–H and O–H groups in total. The minimum Gasteiger partial charge on any atom is -0.488 e. The molecule has 2 heterocycles. The second-order valence-electron chi connectivity index (χ2n) is 28.6. The van der Waals surface area contributed by atoms with Crippen LogP contribution in [0.2, 0.25) is 0 Å². The van der Waals surface area contributed by atoms with Gasteiger partial charge in [0.1, 0.15) is 36.1 Å². The lowest BCUT2D eigenvalue weighted by Gasteiger charge is -2.52. The van der Waals surface area contributed by atoms with E-state index in [-0.39, 0.29) is 29.1 Å². The molecular weight excluding hydrogens is 936 g/mol. The first-order valence-corrected chi connectivity index (χ1v) is 28.2. The van der Waals surface area contributed by atoms with E-state index in [1.165, 1.54) is 55.5 Å². The van der Waals surface area contributed by atoms with Gasteiger partial charge in [-0.05, 0) is 164 Å². The van der Waals surface area contributed by atoms with Crippen molar-refractivity contribution in [3.63, 3.8) is 0 Å². The van der Waals surface area contributed by atoms with Crippen molar-refractivity contribution in [3.05, 3.63) is 107 Å². The fraction of sp³-hybridized carbons (Fsp3) is 0.574. The molecule has 0 aliphatic carbocycles. The zero-order valence-electron chi connectivity index (χ0n) is 51.5. The number of carbonyl (C=O) groups is 1. The number of nitrogens with zero attached hydrogens (tertiary/aromatic N) is 2. The van der Waals surface area contributed by atoms with E-state index in [4.69, 9.17) is 26.8 Å². The highest BCUT2D eigenvalue weighted by Gasteiger charge is 2.50.